The van der Waals surface area contributed by atoms with Gasteiger partial charge >= 0.3 is 23.5 Å². The molecule has 3 amide bonds. The van der Waals surface area contributed by atoms with E-state index >= 15 is 0 Å². The van der Waals surface area contributed by atoms with Crippen LogP contribution in [0.25, 0.3) is 11.2 Å². The number of nitrogens with one attached hydrogen (secondary N) is 3. The molecule has 0 bridgehead atoms. The van der Waals surface area contributed by atoms with Crippen LogP contribution in [0.2, 0.25) is 0 Å². The minimum absolute atomic E-state index is 0.0105. The Morgan fingerprint density at radius 3 is 2.35 bits per heavy atom. The van der Waals surface area contributed by atoms with Gasteiger partial charge < -0.3 is 50.5 Å². The molecule has 9 N–H and O–H groups in total. The van der Waals surface area contributed by atoms with E-state index in [0.29, 0.717) is 18.7 Å². The second-order valence-electron chi connectivity index (χ2n) is 12.4. The monoisotopic (exact) mass is 851 g/mol. The number of fused-ring (bicyclic) bond motifs is 1. The minimum atomic E-state index is -5.58. The Morgan fingerprint density at radius 1 is 1.02 bits per heavy atom. The molecule has 0 saturated carbocycles. The standard InChI is InChI=1S/C26H44N7O17P3S/c1-4-5-6-17(35)32-22-18-23(30-13-29-22)33(14-31-18)25-19(36)20(49-51(39,40)41)15(48-25)11-46-52(42,43)50-53(44,45)47-12-26(2,3)21(37)24(38)28-8-7-16(34)27-9-10-54/h13-15,19-21,25,36-37,54H,4-12H2,1-3H3,(H,27,34)(H,28,38)(H,42,43)(H,44,45)(H2,39,40,41)(H,29,30,32,35)/t15-,19-,20-,21+,25-/m1/s1. The molecular weight excluding hydrogens is 807 g/mol. The number of unbranched alkanes of at least 4 members (excludes halogenated alkanes) is 1. The number of carbonyl (C=O) groups excluding carboxylic acids is 3. The molecule has 2 aromatic rings. The van der Waals surface area contributed by atoms with Gasteiger partial charge in [0.15, 0.2) is 23.2 Å². The third-order valence-electron chi connectivity index (χ3n) is 7.50. The third kappa shape index (κ3) is 13.6. The lowest BCUT2D eigenvalue weighted by molar-refractivity contribution is -0.137. The lowest BCUT2D eigenvalue weighted by Crippen LogP contribution is -2.46. The number of aromatic nitrogens is 4. The number of phosphoric ester groups is 3. The van der Waals surface area contributed by atoms with Crippen LogP contribution in [0.1, 0.15) is 52.7 Å². The van der Waals surface area contributed by atoms with E-state index in [2.05, 4.69) is 52.4 Å². The first kappa shape index (κ1) is 45.9. The maximum Gasteiger partial charge on any atom is 0.481 e. The fourth-order valence-electron chi connectivity index (χ4n) is 4.74. The Hall–Kier alpha value is -2.44. The lowest BCUT2D eigenvalue weighted by atomic mass is 9.87. The van der Waals surface area contributed by atoms with Crippen molar-refractivity contribution >= 4 is 70.8 Å². The summed E-state index contributed by atoms with van der Waals surface area (Å²) in [6, 6.07) is 0. The second-order valence-corrected chi connectivity index (χ2v) is 17.1. The number of phosphoric acid groups is 3. The fourth-order valence-corrected chi connectivity index (χ4v) is 7.68. The van der Waals surface area contributed by atoms with Gasteiger partial charge in [0.1, 0.15) is 30.7 Å². The maximum atomic E-state index is 12.7. The summed E-state index contributed by atoms with van der Waals surface area (Å²) in [6.07, 6.45) is -5.41. The molecule has 28 heteroatoms. The van der Waals surface area contributed by atoms with Crippen LogP contribution in [-0.2, 0) is 50.7 Å². The van der Waals surface area contributed by atoms with E-state index in [1.165, 1.54) is 13.8 Å². The number of amides is 3. The average molecular weight is 852 g/mol. The number of aliphatic hydroxyl groups excluding tert-OH is 2. The number of hydrogen-bond donors (Lipinski definition) is 10. The van der Waals surface area contributed by atoms with Crippen molar-refractivity contribution in [2.24, 2.45) is 5.41 Å². The highest BCUT2D eigenvalue weighted by Gasteiger charge is 2.50. The van der Waals surface area contributed by atoms with Crippen molar-refractivity contribution in [1.29, 1.82) is 0 Å². The largest absolute Gasteiger partial charge is 0.481 e. The van der Waals surface area contributed by atoms with Gasteiger partial charge in [-0.2, -0.15) is 16.9 Å². The molecule has 24 nitrogen and oxygen atoms in total. The number of rotatable bonds is 22. The van der Waals surface area contributed by atoms with E-state index in [0.717, 1.165) is 23.6 Å². The zero-order valence-electron chi connectivity index (χ0n) is 29.2. The van der Waals surface area contributed by atoms with E-state index in [9.17, 15) is 57.9 Å². The summed E-state index contributed by atoms with van der Waals surface area (Å²) in [7, 11) is -16.4. The van der Waals surface area contributed by atoms with Gasteiger partial charge in [-0.25, -0.2) is 28.6 Å². The molecule has 1 fully saturated rings. The predicted octanol–water partition coefficient (Wildman–Crippen LogP) is -0.119. The Bertz CT molecular complexity index is 1760. The Balaban J connectivity index is 1.66. The molecule has 7 atom stereocenters. The molecule has 2 unspecified atom stereocenters. The molecule has 0 aliphatic carbocycles. The molecule has 1 saturated heterocycles. The molecular formula is C26H44N7O17P3S. The van der Waals surface area contributed by atoms with Crippen LogP contribution < -0.4 is 16.0 Å². The zero-order valence-corrected chi connectivity index (χ0v) is 32.7. The predicted molar refractivity (Wildman–Crippen MR) is 187 cm³/mol. The number of nitrogens with zero attached hydrogens (tertiary/aromatic N) is 4. The van der Waals surface area contributed by atoms with E-state index in [1.807, 2.05) is 6.92 Å². The van der Waals surface area contributed by atoms with Crippen LogP contribution >= 0.6 is 36.1 Å². The van der Waals surface area contributed by atoms with E-state index in [-0.39, 0.29) is 48.2 Å². The van der Waals surface area contributed by atoms with Crippen molar-refractivity contribution in [3.8, 4) is 0 Å². The lowest BCUT2D eigenvalue weighted by Gasteiger charge is -2.30. The van der Waals surface area contributed by atoms with Crippen molar-refractivity contribution in [3.05, 3.63) is 12.7 Å². The highest BCUT2D eigenvalue weighted by Crippen LogP contribution is 2.61. The Morgan fingerprint density at radius 2 is 1.70 bits per heavy atom. The van der Waals surface area contributed by atoms with E-state index in [1.54, 1.807) is 0 Å². The van der Waals surface area contributed by atoms with Gasteiger partial charge in [-0.1, -0.05) is 27.2 Å². The summed E-state index contributed by atoms with van der Waals surface area (Å²) in [5.41, 5.74) is -1.55. The summed E-state index contributed by atoms with van der Waals surface area (Å²) in [5, 5.41) is 28.9. The van der Waals surface area contributed by atoms with Gasteiger partial charge in [-0.15, -0.1) is 0 Å². The van der Waals surface area contributed by atoms with Gasteiger partial charge in [0.25, 0.3) is 0 Å². The minimum Gasteiger partial charge on any atom is -0.386 e. The van der Waals surface area contributed by atoms with Gasteiger partial charge in [0.05, 0.1) is 19.5 Å². The molecule has 3 rings (SSSR count). The van der Waals surface area contributed by atoms with Gasteiger partial charge in [-0.3, -0.25) is 32.5 Å². The van der Waals surface area contributed by atoms with Crippen LogP contribution in [0.4, 0.5) is 5.82 Å². The molecule has 0 aromatic carbocycles. The highest BCUT2D eigenvalue weighted by atomic mass is 32.1. The maximum absolute atomic E-state index is 12.7. The van der Waals surface area contributed by atoms with Crippen LogP contribution in [0.3, 0.4) is 0 Å². The van der Waals surface area contributed by atoms with Crippen LogP contribution in [-0.4, -0.2) is 123 Å². The van der Waals surface area contributed by atoms with Crippen molar-refractivity contribution in [3.63, 3.8) is 0 Å². The molecule has 306 valence electrons. The van der Waals surface area contributed by atoms with E-state index in [4.69, 9.17) is 13.8 Å². The fraction of sp³-hybridized carbons (Fsp3) is 0.692. The molecule has 54 heavy (non-hydrogen) atoms. The molecule has 2 aromatic heterocycles. The van der Waals surface area contributed by atoms with Crippen molar-refractivity contribution in [2.45, 2.75) is 77.1 Å². The average Bonchev–Trinajstić information content (AvgIpc) is 3.64. The number of imidazole rings is 1. The van der Waals surface area contributed by atoms with Crippen LogP contribution in [0, 0.1) is 5.41 Å². The smallest absolute Gasteiger partial charge is 0.386 e. The van der Waals surface area contributed by atoms with Crippen molar-refractivity contribution < 1.29 is 80.5 Å². The summed E-state index contributed by atoms with van der Waals surface area (Å²) < 4.78 is 62.3. The van der Waals surface area contributed by atoms with Gasteiger partial charge in [-0.05, 0) is 6.42 Å². The summed E-state index contributed by atoms with van der Waals surface area (Å²) in [6.45, 7) is 2.56. The highest BCUT2D eigenvalue weighted by molar-refractivity contribution is 7.80. The molecule has 3 heterocycles. The first-order valence-corrected chi connectivity index (χ1v) is 21.3. The van der Waals surface area contributed by atoms with Crippen molar-refractivity contribution in [2.75, 3.05) is 37.4 Å². The van der Waals surface area contributed by atoms with Gasteiger partial charge in [0, 0.05) is 37.1 Å². The third-order valence-corrected chi connectivity index (χ3v) is 10.8. The number of anilines is 1. The topological polar surface area (TPSA) is 350 Å². The van der Waals surface area contributed by atoms with Gasteiger partial charge in [0.2, 0.25) is 17.7 Å². The SMILES string of the molecule is CCCCC(=O)Nc1ncnc2c1ncn2[C@@H]1O[C@H](COP(=O)(O)OP(=O)(O)OCC(C)(C)[C@@H](O)C(=O)NCCC(=O)NCCS)[C@@H](OP(=O)(O)O)[C@H]1O. The normalized spacial score (nSPS) is 22.0. The summed E-state index contributed by atoms with van der Waals surface area (Å²) in [5.74, 6) is -1.26. The molecule has 0 spiro atoms. The van der Waals surface area contributed by atoms with Crippen LogP contribution in [0.5, 0.6) is 0 Å². The number of hydrogen-bond acceptors (Lipinski definition) is 17. The first-order valence-electron chi connectivity index (χ1n) is 16.1. The molecule has 0 radical (unpaired) electrons. The number of carbonyl (C=O) groups is 3. The van der Waals surface area contributed by atoms with Crippen LogP contribution in [0.15, 0.2) is 12.7 Å². The Kier molecular flexibility index (Phi) is 16.7. The molecule has 1 aliphatic rings. The molecule has 1 aliphatic heterocycles. The summed E-state index contributed by atoms with van der Waals surface area (Å²) in [4.78, 5) is 87.9. The number of aliphatic hydroxyl groups is 2. The number of thiol groups is 1. The zero-order chi connectivity index (χ0) is 40.5. The van der Waals surface area contributed by atoms with Crippen molar-refractivity contribution in [1.82, 2.24) is 30.2 Å². The number of ether oxygens (including phenoxy) is 1. The second kappa shape index (κ2) is 19.6. The quantitative estimate of drug-likeness (QED) is 0.0545. The summed E-state index contributed by atoms with van der Waals surface area (Å²) >= 11 is 3.96. The Labute approximate surface area is 313 Å². The van der Waals surface area contributed by atoms with E-state index < -0.39 is 78.6 Å². The first-order chi connectivity index (χ1) is 25.1.